The van der Waals surface area contributed by atoms with Crippen LogP contribution in [0.1, 0.15) is 69.5 Å². The first-order chi connectivity index (χ1) is 22.3. The van der Waals surface area contributed by atoms with E-state index in [9.17, 15) is 4.79 Å². The van der Waals surface area contributed by atoms with Gasteiger partial charge < -0.3 is 28.2 Å². The van der Waals surface area contributed by atoms with Crippen molar-refractivity contribution in [3.8, 4) is 17.5 Å². The molecule has 3 aromatic heterocycles. The molecular weight excluding hydrogens is 592 g/mol. The first-order valence-electron chi connectivity index (χ1n) is 17.1. The van der Waals surface area contributed by atoms with Crippen molar-refractivity contribution in [3.05, 3.63) is 21.7 Å². The van der Waals surface area contributed by atoms with Gasteiger partial charge in [-0.1, -0.05) is 11.6 Å². The number of hydrogen-bond acceptors (Lipinski definition) is 11. The van der Waals surface area contributed by atoms with Gasteiger partial charge in [0.15, 0.2) is 17.0 Å². The van der Waals surface area contributed by atoms with Gasteiger partial charge in [-0.3, -0.25) is 14.0 Å². The monoisotopic (exact) mass is 636 g/mol. The van der Waals surface area contributed by atoms with Crippen LogP contribution < -0.4 is 10.4 Å². The largest absolute Gasteiger partial charge is 0.471 e. The normalized spacial score (nSPS) is 34.0. The smallest absolute Gasteiger partial charge is 0.330 e. The number of aromatic nitrogens is 5. The van der Waals surface area contributed by atoms with Crippen LogP contribution in [0.4, 0.5) is 0 Å². The summed E-state index contributed by atoms with van der Waals surface area (Å²) in [7, 11) is 5.62. The van der Waals surface area contributed by atoms with Crippen molar-refractivity contribution < 1.29 is 28.2 Å². The van der Waals surface area contributed by atoms with Crippen molar-refractivity contribution >= 4 is 11.2 Å². The van der Waals surface area contributed by atoms with E-state index in [2.05, 4.69) is 18.9 Å². The molecule has 0 N–H and O–H groups in total. The third kappa shape index (κ3) is 3.92. The summed E-state index contributed by atoms with van der Waals surface area (Å²) in [4.78, 5) is 26.4. The van der Waals surface area contributed by atoms with Crippen LogP contribution in [-0.4, -0.2) is 100 Å². The molecule has 0 bridgehead atoms. The van der Waals surface area contributed by atoms with Gasteiger partial charge in [-0.05, 0) is 58.9 Å². The fourth-order valence-corrected chi connectivity index (χ4v) is 9.71. The van der Waals surface area contributed by atoms with E-state index in [1.165, 1.54) is 0 Å². The van der Waals surface area contributed by atoms with Crippen LogP contribution in [-0.2, 0) is 43.4 Å². The zero-order chi connectivity index (χ0) is 31.4. The number of nitrogens with zero attached hydrogens (tertiary/aromatic N) is 6. The molecule has 9 rings (SSSR count). The molecule has 6 atom stereocenters. The second-order valence-corrected chi connectivity index (χ2v) is 14.6. The van der Waals surface area contributed by atoms with Gasteiger partial charge in [0.05, 0.1) is 49.2 Å². The highest BCUT2D eigenvalue weighted by molar-refractivity contribution is 5.80. The van der Waals surface area contributed by atoms with Crippen LogP contribution in [0.15, 0.2) is 9.32 Å². The highest BCUT2D eigenvalue weighted by Gasteiger charge is 2.63. The van der Waals surface area contributed by atoms with Crippen LogP contribution in [0.3, 0.4) is 0 Å². The molecule has 3 aromatic rings. The minimum atomic E-state index is -0.668. The third-order valence-electron chi connectivity index (χ3n) is 12.2. The fourth-order valence-electron chi connectivity index (χ4n) is 9.71. The summed E-state index contributed by atoms with van der Waals surface area (Å²) in [6.45, 7) is 5.24. The number of ether oxygens (including phenoxy) is 5. The van der Waals surface area contributed by atoms with Crippen LogP contribution in [0.2, 0.25) is 0 Å². The van der Waals surface area contributed by atoms with Crippen molar-refractivity contribution in [1.29, 1.82) is 0 Å². The summed E-state index contributed by atoms with van der Waals surface area (Å²) < 4.78 is 40.8. The summed E-state index contributed by atoms with van der Waals surface area (Å²) >= 11 is 0. The van der Waals surface area contributed by atoms with E-state index in [-0.39, 0.29) is 34.9 Å². The molecular formula is C33H44N6O7. The molecule has 2 saturated carbocycles. The van der Waals surface area contributed by atoms with Gasteiger partial charge in [0.1, 0.15) is 6.10 Å². The minimum Gasteiger partial charge on any atom is -0.471 e. The summed E-state index contributed by atoms with van der Waals surface area (Å²) in [5.74, 6) is 0.932. The van der Waals surface area contributed by atoms with Gasteiger partial charge in [0, 0.05) is 44.6 Å². The molecule has 3 aliphatic heterocycles. The number of fused-ring (bicyclic) bond motifs is 5. The lowest BCUT2D eigenvalue weighted by molar-refractivity contribution is -0.231. The average Bonchev–Trinajstić information content (AvgIpc) is 3.67. The Kier molecular flexibility index (Phi) is 6.58. The second-order valence-electron chi connectivity index (χ2n) is 14.6. The minimum absolute atomic E-state index is 0.124. The Labute approximate surface area is 267 Å². The lowest BCUT2D eigenvalue weighted by atomic mass is 9.61. The summed E-state index contributed by atoms with van der Waals surface area (Å²) in [6, 6.07) is 0.124. The zero-order valence-corrected chi connectivity index (χ0v) is 27.2. The summed E-state index contributed by atoms with van der Waals surface area (Å²) in [5, 5.41) is 4.76. The maximum atomic E-state index is 14.0. The molecule has 0 amide bonds. The molecule has 0 radical (unpaired) electrons. The predicted molar refractivity (Wildman–Crippen MR) is 165 cm³/mol. The molecule has 3 aliphatic carbocycles. The molecule has 0 unspecified atom stereocenters. The van der Waals surface area contributed by atoms with E-state index in [4.69, 9.17) is 43.3 Å². The third-order valence-corrected chi connectivity index (χ3v) is 12.2. The van der Waals surface area contributed by atoms with E-state index in [1.54, 1.807) is 18.7 Å². The molecule has 2 spiro atoms. The van der Waals surface area contributed by atoms with Crippen LogP contribution in [0.25, 0.3) is 22.7 Å². The number of likely N-dealkylation sites (N-methyl/N-ethyl adjacent to an activating group) is 1. The highest BCUT2D eigenvalue weighted by atomic mass is 16.7. The molecule has 13 nitrogen and oxygen atoms in total. The van der Waals surface area contributed by atoms with Crippen molar-refractivity contribution in [2.75, 3.05) is 47.1 Å². The summed E-state index contributed by atoms with van der Waals surface area (Å²) in [5.41, 5.74) is 2.18. The van der Waals surface area contributed by atoms with Crippen LogP contribution >= 0.6 is 0 Å². The topological polar surface area (TPSA) is 128 Å². The first-order valence-corrected chi connectivity index (χ1v) is 17.1. The molecule has 13 heteroatoms. The maximum Gasteiger partial charge on any atom is 0.330 e. The first kappa shape index (κ1) is 29.3. The number of hydrogen-bond donors (Lipinski definition) is 0. The van der Waals surface area contributed by atoms with Crippen molar-refractivity contribution in [3.63, 3.8) is 0 Å². The Bertz CT molecular complexity index is 1740. The van der Waals surface area contributed by atoms with E-state index in [0.29, 0.717) is 61.0 Å². The quantitative estimate of drug-likeness (QED) is 0.396. The lowest BCUT2D eigenvalue weighted by Gasteiger charge is -2.50. The molecule has 6 heterocycles. The lowest BCUT2D eigenvalue weighted by Crippen LogP contribution is -2.56. The Hall–Kier alpha value is -2.84. The molecule has 0 aromatic carbocycles. The Morgan fingerprint density at radius 3 is 2.61 bits per heavy atom. The maximum absolute atomic E-state index is 14.0. The summed E-state index contributed by atoms with van der Waals surface area (Å²) in [6.07, 6.45) is 8.33. The molecule has 5 fully saturated rings. The Balaban J connectivity index is 1.19. The number of imidazole rings is 1. The highest BCUT2D eigenvalue weighted by Crippen LogP contribution is 2.57. The van der Waals surface area contributed by atoms with Crippen molar-refractivity contribution in [1.82, 2.24) is 29.2 Å². The Morgan fingerprint density at radius 1 is 1.07 bits per heavy atom. The molecule has 46 heavy (non-hydrogen) atoms. The van der Waals surface area contributed by atoms with Crippen LogP contribution in [0.5, 0.6) is 5.88 Å². The van der Waals surface area contributed by atoms with Gasteiger partial charge in [-0.2, -0.15) is 4.98 Å². The fraction of sp³-hybridized carbons (Fsp3) is 0.758. The van der Waals surface area contributed by atoms with Gasteiger partial charge in [0.2, 0.25) is 17.5 Å². The van der Waals surface area contributed by atoms with E-state index >= 15 is 0 Å². The average molecular weight is 637 g/mol. The SMILES string of the molecule is CO[C@@H]1C[C@@H]([C@H](C)Oc2nc(-c3onc4c3CCC[C@@]43CCCCC34OCCO4)nc3c2n(C)c(=O)n3[C@@]23COC[C@@H]2C3)N(C)C1. The van der Waals surface area contributed by atoms with Crippen LogP contribution in [0, 0.1) is 5.92 Å². The standard InChI is InChI=1S/C33H44N6O7/c1-19(23-14-21(41-4)16-37(23)2)45-29-24-28(39(30(40)38(24)3)32-15-20(32)17-42-18-32)34-27(35-29)25-22-8-7-10-31(26(22)36-46-25)9-5-6-11-33(31)43-12-13-44-33/h19-21,23H,5-18H2,1-4H3/t19-,20-,21+,23-,31-,32-/m0/s1. The second kappa shape index (κ2) is 10.3. The Morgan fingerprint density at radius 2 is 1.87 bits per heavy atom. The van der Waals surface area contributed by atoms with Crippen molar-refractivity contribution in [2.45, 2.75) is 99.7 Å². The van der Waals surface area contributed by atoms with E-state index < -0.39 is 5.79 Å². The zero-order valence-electron chi connectivity index (χ0n) is 27.2. The molecule has 3 saturated heterocycles. The number of methoxy groups -OCH3 is 1. The molecule has 6 aliphatic rings. The predicted octanol–water partition coefficient (Wildman–Crippen LogP) is 2.91. The van der Waals surface area contributed by atoms with E-state index in [0.717, 1.165) is 75.6 Å². The van der Waals surface area contributed by atoms with Crippen molar-refractivity contribution in [2.24, 2.45) is 13.0 Å². The van der Waals surface area contributed by atoms with Gasteiger partial charge in [-0.15, -0.1) is 0 Å². The number of aryl methyl sites for hydroxylation is 1. The van der Waals surface area contributed by atoms with Gasteiger partial charge in [0.25, 0.3) is 0 Å². The van der Waals surface area contributed by atoms with Gasteiger partial charge in [-0.25, -0.2) is 9.78 Å². The number of rotatable bonds is 6. The van der Waals surface area contributed by atoms with E-state index in [1.807, 2.05) is 4.57 Å². The van der Waals surface area contributed by atoms with Gasteiger partial charge >= 0.3 is 5.69 Å². The number of likely N-dealkylation sites (tertiary alicyclic amines) is 1. The molecule has 248 valence electrons.